The summed E-state index contributed by atoms with van der Waals surface area (Å²) in [5.41, 5.74) is 1.71. The van der Waals surface area contributed by atoms with Crippen LogP contribution in [0.4, 0.5) is 0 Å². The van der Waals surface area contributed by atoms with Gasteiger partial charge in [-0.2, -0.15) is 0 Å². The van der Waals surface area contributed by atoms with Gasteiger partial charge in [0.15, 0.2) is 11.5 Å². The fourth-order valence-electron chi connectivity index (χ4n) is 2.62. The van der Waals surface area contributed by atoms with E-state index in [0.29, 0.717) is 17.3 Å². The molecular formula is C20H18O4. The van der Waals surface area contributed by atoms with Gasteiger partial charge in [0.05, 0.1) is 19.8 Å². The first kappa shape index (κ1) is 15.9. The van der Waals surface area contributed by atoms with E-state index in [1.807, 2.05) is 54.6 Å². The zero-order valence-electron chi connectivity index (χ0n) is 13.6. The summed E-state index contributed by atoms with van der Waals surface area (Å²) in [6.07, 6.45) is 2.39. The summed E-state index contributed by atoms with van der Waals surface area (Å²) in [7, 11) is 3.06. The van der Waals surface area contributed by atoms with Crippen molar-refractivity contribution in [1.82, 2.24) is 0 Å². The van der Waals surface area contributed by atoms with Crippen molar-refractivity contribution in [2.45, 2.75) is 6.10 Å². The monoisotopic (exact) mass is 322 g/mol. The molecule has 2 aromatic rings. The molecule has 122 valence electrons. The molecule has 0 amide bonds. The molecule has 4 heteroatoms. The van der Waals surface area contributed by atoms with Crippen LogP contribution in [0.5, 0.6) is 5.75 Å². The van der Waals surface area contributed by atoms with Crippen LogP contribution in [0.25, 0.3) is 11.8 Å². The van der Waals surface area contributed by atoms with E-state index in [9.17, 15) is 4.79 Å². The van der Waals surface area contributed by atoms with Gasteiger partial charge in [-0.05, 0) is 23.8 Å². The van der Waals surface area contributed by atoms with E-state index >= 15 is 0 Å². The number of hydrogen-bond acceptors (Lipinski definition) is 4. The zero-order chi connectivity index (χ0) is 16.9. The minimum Gasteiger partial charge on any atom is -0.493 e. The highest BCUT2D eigenvalue weighted by atomic mass is 16.6. The van der Waals surface area contributed by atoms with Crippen LogP contribution in [0.2, 0.25) is 0 Å². The third-order valence-corrected chi connectivity index (χ3v) is 3.76. The summed E-state index contributed by atoms with van der Waals surface area (Å²) in [6, 6.07) is 17.0. The second kappa shape index (κ2) is 7.04. The number of methoxy groups -OCH3 is 2. The Morgan fingerprint density at radius 1 is 1.00 bits per heavy atom. The van der Waals surface area contributed by atoms with E-state index in [-0.39, 0.29) is 5.78 Å². The summed E-state index contributed by atoms with van der Waals surface area (Å²) in [6.45, 7) is 0. The lowest BCUT2D eigenvalue weighted by Crippen LogP contribution is -2.33. The molecule has 2 aromatic carbocycles. The van der Waals surface area contributed by atoms with Gasteiger partial charge in [-0.1, -0.05) is 48.5 Å². The molecule has 0 spiro atoms. The molecule has 24 heavy (non-hydrogen) atoms. The number of ether oxygens (including phenoxy) is 3. The lowest BCUT2D eigenvalue weighted by atomic mass is 10.0. The van der Waals surface area contributed by atoms with Gasteiger partial charge in [0.25, 0.3) is 0 Å². The Morgan fingerprint density at radius 2 is 1.71 bits per heavy atom. The highest BCUT2D eigenvalue weighted by Gasteiger charge is 2.34. The van der Waals surface area contributed by atoms with Crippen LogP contribution in [-0.2, 0) is 14.3 Å². The normalized spacial score (nSPS) is 16.5. The lowest BCUT2D eigenvalue weighted by molar-refractivity contribution is -0.121. The summed E-state index contributed by atoms with van der Waals surface area (Å²) < 4.78 is 16.7. The second-order valence-corrected chi connectivity index (χ2v) is 5.24. The zero-order valence-corrected chi connectivity index (χ0v) is 13.6. The van der Waals surface area contributed by atoms with Crippen molar-refractivity contribution in [3.63, 3.8) is 0 Å². The van der Waals surface area contributed by atoms with Gasteiger partial charge in [-0.25, -0.2) is 0 Å². The average molecular weight is 322 g/mol. The fourth-order valence-corrected chi connectivity index (χ4v) is 2.62. The highest BCUT2D eigenvalue weighted by molar-refractivity contribution is 6.00. The predicted octanol–water partition coefficient (Wildman–Crippen LogP) is 3.69. The average Bonchev–Trinajstić information content (AvgIpc) is 2.65. The van der Waals surface area contributed by atoms with Gasteiger partial charge in [-0.15, -0.1) is 0 Å². The molecule has 1 aliphatic rings. The maximum Gasteiger partial charge on any atom is 0.221 e. The molecular weight excluding hydrogens is 304 g/mol. The van der Waals surface area contributed by atoms with Crippen molar-refractivity contribution >= 4 is 17.6 Å². The first-order valence-corrected chi connectivity index (χ1v) is 7.59. The third-order valence-electron chi connectivity index (χ3n) is 3.76. The quantitative estimate of drug-likeness (QED) is 0.788. The molecule has 0 fully saturated rings. The Hall–Kier alpha value is -3.01. The standard InChI is InChI=1S/C20H18O4/c1-22-18-15-10-6-7-11-17(15)24-19(20(18)23-2)16(21)13-12-14-8-4-3-5-9-14/h3-13,19H,1-2H3. The van der Waals surface area contributed by atoms with Crippen LogP contribution in [0, 0.1) is 0 Å². The largest absolute Gasteiger partial charge is 0.493 e. The molecule has 1 aliphatic heterocycles. The molecule has 0 aliphatic carbocycles. The summed E-state index contributed by atoms with van der Waals surface area (Å²) >= 11 is 0. The second-order valence-electron chi connectivity index (χ2n) is 5.24. The minimum absolute atomic E-state index is 0.209. The van der Waals surface area contributed by atoms with E-state index < -0.39 is 6.10 Å². The highest BCUT2D eigenvalue weighted by Crippen LogP contribution is 2.36. The Labute approximate surface area is 141 Å². The van der Waals surface area contributed by atoms with Crippen molar-refractivity contribution in [3.8, 4) is 5.75 Å². The maximum atomic E-state index is 12.6. The molecule has 0 saturated carbocycles. The van der Waals surface area contributed by atoms with Crippen molar-refractivity contribution < 1.29 is 19.0 Å². The van der Waals surface area contributed by atoms with E-state index in [0.717, 1.165) is 11.1 Å². The molecule has 4 nitrogen and oxygen atoms in total. The van der Waals surface area contributed by atoms with Crippen LogP contribution in [0.1, 0.15) is 11.1 Å². The Bertz CT molecular complexity index is 790. The summed E-state index contributed by atoms with van der Waals surface area (Å²) in [5, 5.41) is 0. The molecule has 0 bridgehead atoms. The molecule has 1 unspecified atom stereocenters. The Morgan fingerprint density at radius 3 is 2.42 bits per heavy atom. The maximum absolute atomic E-state index is 12.6. The number of benzene rings is 2. The van der Waals surface area contributed by atoms with Gasteiger partial charge >= 0.3 is 0 Å². The summed E-state index contributed by atoms with van der Waals surface area (Å²) in [5.74, 6) is 1.28. The van der Waals surface area contributed by atoms with Crippen LogP contribution in [-0.4, -0.2) is 26.1 Å². The van der Waals surface area contributed by atoms with Crippen LogP contribution in [0.15, 0.2) is 66.4 Å². The fraction of sp³-hybridized carbons (Fsp3) is 0.150. The van der Waals surface area contributed by atoms with Crippen molar-refractivity contribution in [2.75, 3.05) is 14.2 Å². The number of carbonyl (C=O) groups is 1. The van der Waals surface area contributed by atoms with Gasteiger partial charge in [-0.3, -0.25) is 4.79 Å². The van der Waals surface area contributed by atoms with E-state index in [2.05, 4.69) is 0 Å². The topological polar surface area (TPSA) is 44.8 Å². The number of rotatable bonds is 5. The van der Waals surface area contributed by atoms with E-state index in [1.54, 1.807) is 13.2 Å². The molecule has 3 rings (SSSR count). The van der Waals surface area contributed by atoms with Crippen molar-refractivity contribution in [3.05, 3.63) is 77.6 Å². The molecule has 1 atom stereocenters. The molecule has 0 N–H and O–H groups in total. The first-order valence-electron chi connectivity index (χ1n) is 7.59. The van der Waals surface area contributed by atoms with Gasteiger partial charge in [0, 0.05) is 0 Å². The lowest BCUT2D eigenvalue weighted by Gasteiger charge is -2.27. The number of para-hydroxylation sites is 1. The van der Waals surface area contributed by atoms with Gasteiger partial charge in [0.2, 0.25) is 11.9 Å². The van der Waals surface area contributed by atoms with Crippen molar-refractivity contribution in [1.29, 1.82) is 0 Å². The minimum atomic E-state index is -0.861. The van der Waals surface area contributed by atoms with E-state index in [4.69, 9.17) is 14.2 Å². The SMILES string of the molecule is COC1=C(OC)C(C(=O)C=Cc2ccccc2)Oc2ccccc21. The molecule has 0 saturated heterocycles. The number of carbonyl (C=O) groups excluding carboxylic acids is 1. The predicted molar refractivity (Wildman–Crippen MR) is 92.3 cm³/mol. The number of fused-ring (bicyclic) bond motifs is 1. The van der Waals surface area contributed by atoms with E-state index in [1.165, 1.54) is 13.2 Å². The molecule has 0 aromatic heterocycles. The molecule has 1 heterocycles. The third kappa shape index (κ3) is 3.04. The van der Waals surface area contributed by atoms with Gasteiger partial charge in [0.1, 0.15) is 5.75 Å². The number of hydrogen-bond donors (Lipinski definition) is 0. The Kier molecular flexibility index (Phi) is 4.66. The van der Waals surface area contributed by atoms with Crippen molar-refractivity contribution in [2.24, 2.45) is 0 Å². The Balaban J connectivity index is 1.93. The number of ketones is 1. The van der Waals surface area contributed by atoms with Crippen LogP contribution < -0.4 is 4.74 Å². The smallest absolute Gasteiger partial charge is 0.221 e. The van der Waals surface area contributed by atoms with Crippen LogP contribution in [0.3, 0.4) is 0 Å². The first-order chi connectivity index (χ1) is 11.7. The molecule has 0 radical (unpaired) electrons. The van der Waals surface area contributed by atoms with Gasteiger partial charge < -0.3 is 14.2 Å². The summed E-state index contributed by atoms with van der Waals surface area (Å²) in [4.78, 5) is 12.6. The van der Waals surface area contributed by atoms with Crippen LogP contribution >= 0.6 is 0 Å².